The summed E-state index contributed by atoms with van der Waals surface area (Å²) in [5.41, 5.74) is 9.21. The summed E-state index contributed by atoms with van der Waals surface area (Å²) >= 11 is 0. The standard InChI is InChI=1S/C27H31FN6O3/c1-15(19-10-23(37-4)30-14-21(19)28)26(35)34-8-7-27(11-22(27)34)6-5-17-9-20(16(2)33-24(17)29)25-31-12-18(36-3)13-32-25/h9-10,12-15,22H,5-8,11H2,1-4H3,(H2,29,33)/t15-,22?,27-/m1/s1. The molecule has 0 bridgehead atoms. The van der Waals surface area contributed by atoms with Crippen LogP contribution >= 0.6 is 0 Å². The Labute approximate surface area is 215 Å². The number of amides is 1. The minimum absolute atomic E-state index is 0.0630. The Bertz CT molecular complexity index is 1330. The van der Waals surface area contributed by atoms with E-state index < -0.39 is 11.7 Å². The van der Waals surface area contributed by atoms with Gasteiger partial charge in [-0.3, -0.25) is 4.79 Å². The van der Waals surface area contributed by atoms with Gasteiger partial charge < -0.3 is 20.1 Å². The molecule has 0 aromatic carbocycles. The van der Waals surface area contributed by atoms with Crippen molar-refractivity contribution in [2.75, 3.05) is 26.5 Å². The zero-order valence-electron chi connectivity index (χ0n) is 21.5. The van der Waals surface area contributed by atoms with Gasteiger partial charge in [0.1, 0.15) is 11.6 Å². The van der Waals surface area contributed by atoms with Crippen molar-refractivity contribution in [1.82, 2.24) is 24.8 Å². The summed E-state index contributed by atoms with van der Waals surface area (Å²) in [6, 6.07) is 3.69. The number of anilines is 1. The summed E-state index contributed by atoms with van der Waals surface area (Å²) in [7, 11) is 3.04. The van der Waals surface area contributed by atoms with Crippen molar-refractivity contribution < 1.29 is 18.7 Å². The molecule has 1 aliphatic carbocycles. The maximum absolute atomic E-state index is 14.4. The number of halogens is 1. The van der Waals surface area contributed by atoms with E-state index in [-0.39, 0.29) is 17.4 Å². The quantitative estimate of drug-likeness (QED) is 0.492. The van der Waals surface area contributed by atoms with Gasteiger partial charge in [-0.05, 0) is 56.6 Å². The second-order valence-electron chi connectivity index (χ2n) is 9.95. The fourth-order valence-corrected chi connectivity index (χ4v) is 5.49. The van der Waals surface area contributed by atoms with E-state index in [1.807, 2.05) is 17.9 Å². The predicted molar refractivity (Wildman–Crippen MR) is 136 cm³/mol. The van der Waals surface area contributed by atoms with Crippen LogP contribution in [0.25, 0.3) is 11.4 Å². The number of carbonyl (C=O) groups excluding carboxylic acids is 1. The molecule has 3 atom stereocenters. The normalized spacial score (nSPS) is 20.9. The summed E-state index contributed by atoms with van der Waals surface area (Å²) in [4.78, 5) is 32.5. The molecular formula is C27H31FN6O3. The van der Waals surface area contributed by atoms with E-state index in [1.165, 1.54) is 13.2 Å². The molecule has 3 aromatic rings. The summed E-state index contributed by atoms with van der Waals surface area (Å²) in [5.74, 6) is 0.781. The smallest absolute Gasteiger partial charge is 0.230 e. The highest BCUT2D eigenvalue weighted by molar-refractivity contribution is 5.84. The van der Waals surface area contributed by atoms with Gasteiger partial charge in [0.05, 0.1) is 44.4 Å². The van der Waals surface area contributed by atoms with Gasteiger partial charge in [-0.25, -0.2) is 24.3 Å². The molecule has 194 valence electrons. The Morgan fingerprint density at radius 3 is 2.65 bits per heavy atom. The predicted octanol–water partition coefficient (Wildman–Crippen LogP) is 3.71. The van der Waals surface area contributed by atoms with Crippen molar-refractivity contribution >= 4 is 11.7 Å². The molecular weight excluding hydrogens is 475 g/mol. The van der Waals surface area contributed by atoms with Gasteiger partial charge in [-0.2, -0.15) is 0 Å². The number of nitrogens with two attached hydrogens (primary N) is 1. The van der Waals surface area contributed by atoms with Crippen molar-refractivity contribution in [1.29, 1.82) is 0 Å². The molecule has 4 heterocycles. The first-order valence-corrected chi connectivity index (χ1v) is 12.4. The number of likely N-dealkylation sites (tertiary alicyclic amines) is 1. The van der Waals surface area contributed by atoms with Gasteiger partial charge in [-0.1, -0.05) is 0 Å². The Balaban J connectivity index is 1.28. The number of piperidine rings is 1. The van der Waals surface area contributed by atoms with Crippen molar-refractivity contribution in [3.05, 3.63) is 53.4 Å². The van der Waals surface area contributed by atoms with Crippen LogP contribution in [-0.4, -0.2) is 57.5 Å². The van der Waals surface area contributed by atoms with Gasteiger partial charge >= 0.3 is 0 Å². The zero-order valence-corrected chi connectivity index (χ0v) is 21.5. The number of ether oxygens (including phenoxy) is 2. The topological polar surface area (TPSA) is 116 Å². The number of rotatable bonds is 8. The molecule has 2 fully saturated rings. The Morgan fingerprint density at radius 1 is 1.22 bits per heavy atom. The fraction of sp³-hybridized carbons (Fsp3) is 0.444. The van der Waals surface area contributed by atoms with Crippen molar-refractivity contribution in [3.63, 3.8) is 0 Å². The first-order valence-electron chi connectivity index (χ1n) is 12.4. The highest BCUT2D eigenvalue weighted by Crippen LogP contribution is 2.60. The lowest BCUT2D eigenvalue weighted by Crippen LogP contribution is -2.34. The zero-order chi connectivity index (χ0) is 26.3. The summed E-state index contributed by atoms with van der Waals surface area (Å²) in [5, 5.41) is 0. The number of pyridine rings is 2. The van der Waals surface area contributed by atoms with E-state index >= 15 is 0 Å². The Kier molecular flexibility index (Phi) is 6.43. The fourth-order valence-electron chi connectivity index (χ4n) is 5.49. The minimum Gasteiger partial charge on any atom is -0.494 e. The highest BCUT2D eigenvalue weighted by Gasteiger charge is 2.61. The number of hydrogen-bond acceptors (Lipinski definition) is 8. The van der Waals surface area contributed by atoms with Gasteiger partial charge in [0.25, 0.3) is 0 Å². The summed E-state index contributed by atoms with van der Waals surface area (Å²) < 4.78 is 24.7. The van der Waals surface area contributed by atoms with Gasteiger partial charge in [0.2, 0.25) is 11.8 Å². The SMILES string of the molecule is COc1cnc(-c2cc(CC[C@]34CCN(C(=O)[C@H](C)c5cc(OC)ncc5F)C3C4)c(N)nc2C)nc1. The first-order chi connectivity index (χ1) is 17.8. The molecule has 1 saturated carbocycles. The molecule has 1 saturated heterocycles. The van der Waals surface area contributed by atoms with Crippen LogP contribution < -0.4 is 15.2 Å². The van der Waals surface area contributed by atoms with Crippen LogP contribution in [0.4, 0.5) is 10.2 Å². The lowest BCUT2D eigenvalue weighted by atomic mass is 9.94. The number of hydrogen-bond donors (Lipinski definition) is 1. The third-order valence-corrected chi connectivity index (χ3v) is 7.88. The number of nitrogen functional groups attached to an aromatic ring is 1. The average Bonchev–Trinajstić information content (AvgIpc) is 3.51. The van der Waals surface area contributed by atoms with Crippen LogP contribution in [0.15, 0.2) is 30.7 Å². The Hall–Kier alpha value is -3.82. The van der Waals surface area contributed by atoms with Gasteiger partial charge in [-0.15, -0.1) is 0 Å². The van der Waals surface area contributed by atoms with E-state index in [0.29, 0.717) is 35.4 Å². The second-order valence-corrected chi connectivity index (χ2v) is 9.95. The van der Waals surface area contributed by atoms with E-state index in [2.05, 4.69) is 19.9 Å². The highest BCUT2D eigenvalue weighted by atomic mass is 19.1. The number of nitrogens with zero attached hydrogens (tertiary/aromatic N) is 5. The lowest BCUT2D eigenvalue weighted by molar-refractivity contribution is -0.132. The average molecular weight is 507 g/mol. The van der Waals surface area contributed by atoms with Crippen molar-refractivity contribution in [2.24, 2.45) is 5.41 Å². The molecule has 0 radical (unpaired) electrons. The second kappa shape index (κ2) is 9.57. The van der Waals surface area contributed by atoms with Crippen molar-refractivity contribution in [2.45, 2.75) is 51.5 Å². The molecule has 10 heteroatoms. The largest absolute Gasteiger partial charge is 0.494 e. The maximum atomic E-state index is 14.4. The monoisotopic (exact) mass is 506 g/mol. The molecule has 0 spiro atoms. The molecule has 1 unspecified atom stereocenters. The molecule has 3 aromatic heterocycles. The molecule has 1 aliphatic heterocycles. The first kappa shape index (κ1) is 24.9. The molecule has 5 rings (SSSR count). The van der Waals surface area contributed by atoms with E-state index in [4.69, 9.17) is 15.2 Å². The third kappa shape index (κ3) is 4.56. The molecule has 2 aliphatic rings. The summed E-state index contributed by atoms with van der Waals surface area (Å²) in [6.07, 6.45) is 7.87. The number of aryl methyl sites for hydroxylation is 2. The molecule has 1 amide bonds. The van der Waals surface area contributed by atoms with Gasteiger partial charge in [0.15, 0.2) is 11.6 Å². The lowest BCUT2D eigenvalue weighted by Gasteiger charge is -2.23. The van der Waals surface area contributed by atoms with Crippen LogP contribution in [0.3, 0.4) is 0 Å². The van der Waals surface area contributed by atoms with Crippen molar-refractivity contribution in [3.8, 4) is 23.0 Å². The van der Waals surface area contributed by atoms with Crippen LogP contribution in [0.5, 0.6) is 11.6 Å². The maximum Gasteiger partial charge on any atom is 0.230 e. The number of carbonyl (C=O) groups is 1. The number of fused-ring (bicyclic) bond motifs is 1. The summed E-state index contributed by atoms with van der Waals surface area (Å²) in [6.45, 7) is 4.30. The van der Waals surface area contributed by atoms with Gasteiger partial charge in [0, 0.05) is 29.8 Å². The minimum atomic E-state index is -0.614. The van der Waals surface area contributed by atoms with Crippen LogP contribution in [-0.2, 0) is 11.2 Å². The third-order valence-electron chi connectivity index (χ3n) is 7.88. The van der Waals surface area contributed by atoms with E-state index in [0.717, 1.165) is 48.7 Å². The molecule has 37 heavy (non-hydrogen) atoms. The Morgan fingerprint density at radius 2 is 1.97 bits per heavy atom. The van der Waals surface area contributed by atoms with Crippen LogP contribution in [0.2, 0.25) is 0 Å². The number of methoxy groups -OCH3 is 2. The molecule has 9 nitrogen and oxygen atoms in total. The van der Waals surface area contributed by atoms with Crippen LogP contribution in [0.1, 0.15) is 48.9 Å². The van der Waals surface area contributed by atoms with E-state index in [1.54, 1.807) is 26.4 Å². The van der Waals surface area contributed by atoms with Crippen LogP contribution in [0, 0.1) is 18.2 Å². The number of aromatic nitrogens is 4. The van der Waals surface area contributed by atoms with E-state index in [9.17, 15) is 9.18 Å². The molecule has 2 N–H and O–H groups in total.